The van der Waals surface area contributed by atoms with E-state index >= 15 is 0 Å². The minimum absolute atomic E-state index is 0.148. The molecule has 0 spiro atoms. The third-order valence-corrected chi connectivity index (χ3v) is 3.92. The largest absolute Gasteiger partial charge is 0.496 e. The van der Waals surface area contributed by atoms with Gasteiger partial charge in [0.1, 0.15) is 5.75 Å². The van der Waals surface area contributed by atoms with Gasteiger partial charge in [-0.1, -0.05) is 6.07 Å². The predicted octanol–water partition coefficient (Wildman–Crippen LogP) is 3.82. The highest BCUT2D eigenvalue weighted by atomic mass is 79.9. The molecule has 0 heterocycles. The van der Waals surface area contributed by atoms with Crippen LogP contribution in [0.3, 0.4) is 0 Å². The van der Waals surface area contributed by atoms with Crippen molar-refractivity contribution in [3.8, 4) is 11.8 Å². The van der Waals surface area contributed by atoms with E-state index in [0.29, 0.717) is 11.1 Å². The summed E-state index contributed by atoms with van der Waals surface area (Å²) in [6.07, 6.45) is 0. The number of carbonyl (C=O) groups excluding carboxylic acids is 1. The van der Waals surface area contributed by atoms with E-state index < -0.39 is 0 Å². The van der Waals surface area contributed by atoms with Crippen LogP contribution in [0.1, 0.15) is 34.5 Å². The highest BCUT2D eigenvalue weighted by Gasteiger charge is 2.13. The Hall–Kier alpha value is -2.32. The second kappa shape index (κ2) is 7.10. The number of nitriles is 1. The van der Waals surface area contributed by atoms with Crippen molar-refractivity contribution in [3.63, 3.8) is 0 Å². The van der Waals surface area contributed by atoms with Crippen molar-refractivity contribution in [3.05, 3.63) is 63.6 Å². The Morgan fingerprint density at radius 1 is 1.27 bits per heavy atom. The van der Waals surface area contributed by atoms with Crippen LogP contribution in [0.25, 0.3) is 0 Å². The summed E-state index contributed by atoms with van der Waals surface area (Å²) in [6.45, 7) is 1.91. The minimum atomic E-state index is -0.177. The van der Waals surface area contributed by atoms with Crippen molar-refractivity contribution >= 4 is 21.8 Å². The molecule has 0 fully saturated rings. The third kappa shape index (κ3) is 3.66. The van der Waals surface area contributed by atoms with E-state index in [2.05, 4.69) is 21.2 Å². The van der Waals surface area contributed by atoms with Crippen molar-refractivity contribution in [1.29, 1.82) is 5.26 Å². The Morgan fingerprint density at radius 3 is 2.50 bits per heavy atom. The highest BCUT2D eigenvalue weighted by Crippen LogP contribution is 2.28. The summed E-state index contributed by atoms with van der Waals surface area (Å²) >= 11 is 3.43. The fraction of sp³-hybridized carbons (Fsp3) is 0.176. The molecular weight excluding hydrogens is 344 g/mol. The number of hydrogen-bond acceptors (Lipinski definition) is 3. The molecule has 112 valence electrons. The van der Waals surface area contributed by atoms with Gasteiger partial charge in [0.05, 0.1) is 29.3 Å². The summed E-state index contributed by atoms with van der Waals surface area (Å²) in [6, 6.07) is 14.1. The first-order chi connectivity index (χ1) is 10.5. The van der Waals surface area contributed by atoms with E-state index in [1.54, 1.807) is 31.4 Å². The number of rotatable bonds is 4. The molecule has 0 radical (unpaired) electrons. The fourth-order valence-electron chi connectivity index (χ4n) is 2.01. The number of benzene rings is 2. The van der Waals surface area contributed by atoms with Crippen molar-refractivity contribution in [1.82, 2.24) is 5.32 Å². The summed E-state index contributed by atoms with van der Waals surface area (Å²) in [7, 11) is 1.61. The zero-order valence-electron chi connectivity index (χ0n) is 12.3. The molecule has 2 aromatic carbocycles. The molecule has 0 saturated heterocycles. The Balaban J connectivity index is 2.10. The second-order valence-electron chi connectivity index (χ2n) is 4.78. The van der Waals surface area contributed by atoms with E-state index in [0.717, 1.165) is 15.8 Å². The fourth-order valence-corrected chi connectivity index (χ4v) is 2.57. The van der Waals surface area contributed by atoms with Crippen LogP contribution >= 0.6 is 15.9 Å². The molecule has 2 rings (SSSR count). The summed E-state index contributed by atoms with van der Waals surface area (Å²) in [4.78, 5) is 12.2. The number of carbonyl (C=O) groups is 1. The number of amides is 1. The van der Waals surface area contributed by atoms with E-state index in [-0.39, 0.29) is 11.9 Å². The van der Waals surface area contributed by atoms with Gasteiger partial charge < -0.3 is 10.1 Å². The van der Waals surface area contributed by atoms with E-state index in [9.17, 15) is 4.79 Å². The average molecular weight is 359 g/mol. The maximum Gasteiger partial charge on any atom is 0.251 e. The minimum Gasteiger partial charge on any atom is -0.496 e. The van der Waals surface area contributed by atoms with Crippen molar-refractivity contribution < 1.29 is 9.53 Å². The third-order valence-electron chi connectivity index (χ3n) is 3.30. The lowest BCUT2D eigenvalue weighted by Gasteiger charge is -2.15. The zero-order chi connectivity index (χ0) is 16.1. The Kier molecular flexibility index (Phi) is 5.18. The van der Waals surface area contributed by atoms with Gasteiger partial charge in [-0.25, -0.2) is 0 Å². The molecule has 1 N–H and O–H groups in total. The first kappa shape index (κ1) is 16.1. The van der Waals surface area contributed by atoms with Gasteiger partial charge in [0.15, 0.2) is 0 Å². The van der Waals surface area contributed by atoms with Gasteiger partial charge in [0, 0.05) is 5.56 Å². The van der Waals surface area contributed by atoms with Crippen LogP contribution in [0.4, 0.5) is 0 Å². The van der Waals surface area contributed by atoms with Gasteiger partial charge in [-0.05, 0) is 64.8 Å². The van der Waals surface area contributed by atoms with Gasteiger partial charge in [-0.15, -0.1) is 0 Å². The summed E-state index contributed by atoms with van der Waals surface area (Å²) in [5.41, 5.74) is 2.02. The molecule has 1 amide bonds. The van der Waals surface area contributed by atoms with Crippen LogP contribution in [-0.4, -0.2) is 13.0 Å². The molecule has 22 heavy (non-hydrogen) atoms. The van der Waals surface area contributed by atoms with Crippen LogP contribution in [0.2, 0.25) is 0 Å². The molecule has 0 aliphatic heterocycles. The standard InChI is InChI=1S/C17H15BrN2O2/c1-11(14-7-8-16(22-2)15(18)9-14)20-17(21)13-5-3-12(10-19)4-6-13/h3-9,11H,1-2H3,(H,20,21)/t11-/m0/s1. The molecule has 5 heteroatoms. The monoisotopic (exact) mass is 358 g/mol. The Morgan fingerprint density at radius 2 is 1.95 bits per heavy atom. The predicted molar refractivity (Wildman–Crippen MR) is 87.7 cm³/mol. The number of nitrogens with zero attached hydrogens (tertiary/aromatic N) is 1. The first-order valence-electron chi connectivity index (χ1n) is 6.69. The molecule has 4 nitrogen and oxygen atoms in total. The molecular formula is C17H15BrN2O2. The molecule has 1 atom stereocenters. The lowest BCUT2D eigenvalue weighted by molar-refractivity contribution is 0.0940. The normalized spacial score (nSPS) is 11.4. The smallest absolute Gasteiger partial charge is 0.251 e. The number of methoxy groups -OCH3 is 1. The Bertz CT molecular complexity index is 720. The Labute approximate surface area is 137 Å². The van der Waals surface area contributed by atoms with Crippen molar-refractivity contribution in [2.24, 2.45) is 0 Å². The van der Waals surface area contributed by atoms with Crippen molar-refractivity contribution in [2.45, 2.75) is 13.0 Å². The summed E-state index contributed by atoms with van der Waals surface area (Å²) in [5.74, 6) is 0.568. The van der Waals surface area contributed by atoms with Gasteiger partial charge in [-0.2, -0.15) is 5.26 Å². The van der Waals surface area contributed by atoms with Gasteiger partial charge in [0.25, 0.3) is 5.91 Å². The lowest BCUT2D eigenvalue weighted by atomic mass is 10.1. The molecule has 0 unspecified atom stereocenters. The van der Waals surface area contributed by atoms with Gasteiger partial charge >= 0.3 is 0 Å². The molecule has 2 aromatic rings. The number of halogens is 1. The molecule has 0 bridgehead atoms. The summed E-state index contributed by atoms with van der Waals surface area (Å²) < 4.78 is 6.03. The lowest BCUT2D eigenvalue weighted by Crippen LogP contribution is -2.26. The SMILES string of the molecule is COc1ccc([C@H](C)NC(=O)c2ccc(C#N)cc2)cc1Br. The van der Waals surface area contributed by atoms with Crippen LogP contribution in [0.15, 0.2) is 46.9 Å². The molecule has 0 aliphatic carbocycles. The van der Waals surface area contributed by atoms with E-state index in [1.165, 1.54) is 0 Å². The van der Waals surface area contributed by atoms with Crippen LogP contribution in [-0.2, 0) is 0 Å². The average Bonchev–Trinajstić information content (AvgIpc) is 2.54. The van der Waals surface area contributed by atoms with E-state index in [4.69, 9.17) is 10.00 Å². The zero-order valence-corrected chi connectivity index (χ0v) is 13.8. The summed E-state index contributed by atoms with van der Waals surface area (Å²) in [5, 5.41) is 11.7. The molecule has 0 saturated carbocycles. The molecule has 0 aliphatic rings. The maximum absolute atomic E-state index is 12.2. The highest BCUT2D eigenvalue weighted by molar-refractivity contribution is 9.10. The number of hydrogen-bond donors (Lipinski definition) is 1. The van der Waals surface area contributed by atoms with Gasteiger partial charge in [0.2, 0.25) is 0 Å². The van der Waals surface area contributed by atoms with Crippen LogP contribution in [0, 0.1) is 11.3 Å². The first-order valence-corrected chi connectivity index (χ1v) is 7.49. The van der Waals surface area contributed by atoms with E-state index in [1.807, 2.05) is 31.2 Å². The van der Waals surface area contributed by atoms with Crippen LogP contribution < -0.4 is 10.1 Å². The quantitative estimate of drug-likeness (QED) is 0.903. The molecule has 0 aromatic heterocycles. The second-order valence-corrected chi connectivity index (χ2v) is 5.63. The number of ether oxygens (including phenoxy) is 1. The maximum atomic E-state index is 12.2. The number of nitrogens with one attached hydrogen (secondary N) is 1. The topological polar surface area (TPSA) is 62.1 Å². The van der Waals surface area contributed by atoms with Crippen LogP contribution in [0.5, 0.6) is 5.75 Å². The van der Waals surface area contributed by atoms with Gasteiger partial charge in [-0.3, -0.25) is 4.79 Å². The van der Waals surface area contributed by atoms with Crippen molar-refractivity contribution in [2.75, 3.05) is 7.11 Å².